The number of nitrogens with zero attached hydrogens (tertiary/aromatic N) is 3. The Kier molecular flexibility index (Phi) is 6.92. The number of benzene rings is 3. The molecule has 0 aliphatic heterocycles. The van der Waals surface area contributed by atoms with Crippen molar-refractivity contribution >= 4 is 58.1 Å². The molecular weight excluding hydrogens is 451 g/mol. The van der Waals surface area contributed by atoms with E-state index in [1.165, 1.54) is 23.5 Å². The lowest BCUT2D eigenvalue weighted by Crippen LogP contribution is -2.20. The van der Waals surface area contributed by atoms with Crippen LogP contribution in [0.1, 0.15) is 11.1 Å². The van der Waals surface area contributed by atoms with Crippen LogP contribution in [-0.2, 0) is 11.3 Å². The van der Waals surface area contributed by atoms with Gasteiger partial charge in [0.25, 0.3) is 5.91 Å². The van der Waals surface area contributed by atoms with Gasteiger partial charge in [-0.3, -0.25) is 4.79 Å². The number of hydrogen-bond donors (Lipinski definition) is 1. The molecule has 0 aliphatic carbocycles. The fourth-order valence-electron chi connectivity index (χ4n) is 3.02. The molecule has 0 radical (unpaired) electrons. The topological polar surface area (TPSA) is 59.3 Å². The van der Waals surface area contributed by atoms with Crippen molar-refractivity contribution in [2.24, 2.45) is 5.10 Å². The highest BCUT2D eigenvalue weighted by Gasteiger charge is 2.13. The smallest absolute Gasteiger partial charge is 0.250 e. The first-order chi connectivity index (χ1) is 15.1. The fraction of sp³-hybridized carbons (Fsp3) is 0.0870. The van der Waals surface area contributed by atoms with Crippen molar-refractivity contribution in [1.29, 1.82) is 0 Å². The Morgan fingerprint density at radius 3 is 2.65 bits per heavy atom. The fourth-order valence-corrected chi connectivity index (χ4v) is 4.29. The second kappa shape index (κ2) is 10.0. The summed E-state index contributed by atoms with van der Waals surface area (Å²) in [6.45, 7) is 0.679. The first kappa shape index (κ1) is 21.4. The van der Waals surface area contributed by atoms with Gasteiger partial charge >= 0.3 is 0 Å². The summed E-state index contributed by atoms with van der Waals surface area (Å²) in [4.78, 5) is 17.0. The second-order valence-corrected chi connectivity index (χ2v) is 8.49. The molecule has 0 atom stereocenters. The quantitative estimate of drug-likeness (QED) is 0.217. The summed E-state index contributed by atoms with van der Waals surface area (Å²) in [6, 6.07) is 23.2. The Labute approximate surface area is 194 Å². The standard InChI is InChI=1S/C23H18Cl2N4OS/c24-18-11-10-17(19(25)12-18)13-26-28-22(30)15-31-23-27-20-8-4-5-9-21(20)29(23)14-16-6-2-1-3-7-16/h1-13H,14-15H2,(H,28,30)/b26-13-. The molecule has 1 heterocycles. The minimum absolute atomic E-state index is 0.184. The van der Waals surface area contributed by atoms with Gasteiger partial charge in [0.05, 0.1) is 34.6 Å². The molecule has 0 saturated heterocycles. The van der Waals surface area contributed by atoms with Gasteiger partial charge in [0.2, 0.25) is 0 Å². The number of amides is 1. The molecule has 0 spiro atoms. The Hall–Kier alpha value is -2.80. The molecule has 3 aromatic carbocycles. The van der Waals surface area contributed by atoms with Crippen LogP contribution in [0.2, 0.25) is 10.0 Å². The first-order valence-corrected chi connectivity index (χ1v) is 11.2. The van der Waals surface area contributed by atoms with E-state index < -0.39 is 0 Å². The SMILES string of the molecule is O=C(CSc1nc2ccccc2n1Cc1ccccc1)N/N=C\c1ccc(Cl)cc1Cl. The van der Waals surface area contributed by atoms with Crippen molar-refractivity contribution in [3.05, 3.63) is 94.0 Å². The Balaban J connectivity index is 1.44. The minimum atomic E-state index is -0.232. The van der Waals surface area contributed by atoms with Gasteiger partial charge in [-0.05, 0) is 29.8 Å². The van der Waals surface area contributed by atoms with E-state index in [9.17, 15) is 4.79 Å². The van der Waals surface area contributed by atoms with Crippen LogP contribution in [0.15, 0.2) is 83.1 Å². The van der Waals surface area contributed by atoms with E-state index in [0.717, 1.165) is 16.2 Å². The third-order valence-corrected chi connectivity index (χ3v) is 6.03. The first-order valence-electron chi connectivity index (χ1n) is 9.49. The molecule has 1 aromatic heterocycles. The van der Waals surface area contributed by atoms with E-state index in [2.05, 4.69) is 27.2 Å². The van der Waals surface area contributed by atoms with Crippen LogP contribution in [-0.4, -0.2) is 27.4 Å². The van der Waals surface area contributed by atoms with Crippen molar-refractivity contribution < 1.29 is 4.79 Å². The number of halogens is 2. The summed E-state index contributed by atoms with van der Waals surface area (Å²) in [5.41, 5.74) is 6.30. The van der Waals surface area contributed by atoms with Crippen LogP contribution in [0.4, 0.5) is 0 Å². The predicted octanol–water partition coefficient (Wildman–Crippen LogP) is 5.63. The van der Waals surface area contributed by atoms with Gasteiger partial charge in [-0.1, -0.05) is 83.5 Å². The van der Waals surface area contributed by atoms with Gasteiger partial charge in [0, 0.05) is 10.6 Å². The number of aromatic nitrogens is 2. The monoisotopic (exact) mass is 468 g/mol. The van der Waals surface area contributed by atoms with E-state index in [-0.39, 0.29) is 11.7 Å². The molecule has 0 fully saturated rings. The van der Waals surface area contributed by atoms with E-state index in [4.69, 9.17) is 28.2 Å². The summed E-state index contributed by atoms with van der Waals surface area (Å²) in [6.07, 6.45) is 1.49. The Morgan fingerprint density at radius 2 is 1.84 bits per heavy atom. The average Bonchev–Trinajstić information content (AvgIpc) is 3.12. The summed E-state index contributed by atoms with van der Waals surface area (Å²) >= 11 is 13.4. The van der Waals surface area contributed by atoms with Gasteiger partial charge in [0.15, 0.2) is 5.16 Å². The zero-order valence-electron chi connectivity index (χ0n) is 16.3. The van der Waals surface area contributed by atoms with Gasteiger partial charge in [-0.15, -0.1) is 0 Å². The third kappa shape index (κ3) is 5.47. The molecule has 5 nitrogen and oxygen atoms in total. The van der Waals surface area contributed by atoms with Gasteiger partial charge in [-0.25, -0.2) is 10.4 Å². The third-order valence-electron chi connectivity index (χ3n) is 4.49. The normalized spacial score (nSPS) is 11.3. The molecule has 0 saturated carbocycles. The van der Waals surface area contributed by atoms with Crippen molar-refractivity contribution in [3.63, 3.8) is 0 Å². The zero-order chi connectivity index (χ0) is 21.6. The number of rotatable bonds is 7. The lowest BCUT2D eigenvalue weighted by atomic mass is 10.2. The number of imidazole rings is 1. The van der Waals surface area contributed by atoms with E-state index in [0.29, 0.717) is 22.2 Å². The molecular formula is C23H18Cl2N4OS. The highest BCUT2D eigenvalue weighted by molar-refractivity contribution is 7.99. The molecule has 156 valence electrons. The number of nitrogens with one attached hydrogen (secondary N) is 1. The summed E-state index contributed by atoms with van der Waals surface area (Å²) in [5, 5.41) is 5.78. The lowest BCUT2D eigenvalue weighted by molar-refractivity contribution is -0.118. The lowest BCUT2D eigenvalue weighted by Gasteiger charge is -2.09. The van der Waals surface area contributed by atoms with E-state index in [1.807, 2.05) is 42.5 Å². The maximum absolute atomic E-state index is 12.3. The van der Waals surface area contributed by atoms with Crippen LogP contribution < -0.4 is 5.43 Å². The number of carbonyl (C=O) groups is 1. The molecule has 1 N–H and O–H groups in total. The number of thioether (sulfide) groups is 1. The van der Waals surface area contributed by atoms with E-state index in [1.54, 1.807) is 18.2 Å². The van der Waals surface area contributed by atoms with Crippen LogP contribution in [0.5, 0.6) is 0 Å². The number of para-hydroxylation sites is 2. The highest BCUT2D eigenvalue weighted by atomic mass is 35.5. The number of hydrogen-bond acceptors (Lipinski definition) is 4. The maximum Gasteiger partial charge on any atom is 0.250 e. The van der Waals surface area contributed by atoms with Crippen LogP contribution in [0.25, 0.3) is 11.0 Å². The van der Waals surface area contributed by atoms with Crippen molar-refractivity contribution in [2.75, 3.05) is 5.75 Å². The van der Waals surface area contributed by atoms with Gasteiger partial charge in [-0.2, -0.15) is 5.10 Å². The van der Waals surface area contributed by atoms with Gasteiger partial charge in [0.1, 0.15) is 0 Å². The molecule has 4 rings (SSSR count). The van der Waals surface area contributed by atoms with Crippen LogP contribution in [0, 0.1) is 0 Å². The molecule has 8 heteroatoms. The summed E-state index contributed by atoms with van der Waals surface area (Å²) < 4.78 is 2.12. The number of fused-ring (bicyclic) bond motifs is 1. The van der Waals surface area contributed by atoms with Crippen LogP contribution in [0.3, 0.4) is 0 Å². The Morgan fingerprint density at radius 1 is 1.06 bits per heavy atom. The summed E-state index contributed by atoms with van der Waals surface area (Å²) in [7, 11) is 0. The largest absolute Gasteiger partial charge is 0.314 e. The van der Waals surface area contributed by atoms with Crippen molar-refractivity contribution in [1.82, 2.24) is 15.0 Å². The minimum Gasteiger partial charge on any atom is -0.314 e. The van der Waals surface area contributed by atoms with Gasteiger partial charge < -0.3 is 4.57 Å². The molecule has 0 bridgehead atoms. The second-order valence-electron chi connectivity index (χ2n) is 6.70. The molecule has 0 unspecified atom stereocenters. The number of hydrazone groups is 1. The van der Waals surface area contributed by atoms with E-state index >= 15 is 0 Å². The highest BCUT2D eigenvalue weighted by Crippen LogP contribution is 2.25. The number of carbonyl (C=O) groups excluding carboxylic acids is 1. The summed E-state index contributed by atoms with van der Waals surface area (Å²) in [5.74, 6) is -0.0475. The average molecular weight is 469 g/mol. The molecule has 0 aliphatic rings. The Bertz CT molecular complexity index is 1240. The predicted molar refractivity (Wildman–Crippen MR) is 128 cm³/mol. The molecule has 4 aromatic rings. The van der Waals surface area contributed by atoms with Crippen molar-refractivity contribution in [3.8, 4) is 0 Å². The molecule has 31 heavy (non-hydrogen) atoms. The van der Waals surface area contributed by atoms with Crippen molar-refractivity contribution in [2.45, 2.75) is 11.7 Å². The molecule has 1 amide bonds. The van der Waals surface area contributed by atoms with Crippen LogP contribution >= 0.6 is 35.0 Å². The zero-order valence-corrected chi connectivity index (χ0v) is 18.7. The maximum atomic E-state index is 12.3.